The zero-order chi connectivity index (χ0) is 11.3. The Balaban J connectivity index is 2.31. The molecule has 0 spiro atoms. The highest BCUT2D eigenvalue weighted by atomic mass is 16.2. The van der Waals surface area contributed by atoms with E-state index in [1.807, 2.05) is 0 Å². The van der Waals surface area contributed by atoms with Gasteiger partial charge in [-0.3, -0.25) is 4.79 Å². The number of hydrogen-bond donors (Lipinski definition) is 0. The van der Waals surface area contributed by atoms with Gasteiger partial charge in [-0.15, -0.1) is 0 Å². The molecule has 2 unspecified atom stereocenters. The van der Waals surface area contributed by atoms with Crippen LogP contribution in [0.1, 0.15) is 52.9 Å². The molecule has 88 valence electrons. The Hall–Kier alpha value is -0.530. The topological polar surface area (TPSA) is 20.3 Å². The molecule has 1 rings (SSSR count). The lowest BCUT2D eigenvalue weighted by Crippen LogP contribution is -2.42. The summed E-state index contributed by atoms with van der Waals surface area (Å²) < 4.78 is 0. The van der Waals surface area contributed by atoms with Crippen LogP contribution in [0.5, 0.6) is 0 Å². The molecule has 1 aliphatic rings. The molecule has 15 heavy (non-hydrogen) atoms. The van der Waals surface area contributed by atoms with Crippen molar-refractivity contribution in [1.82, 2.24) is 4.90 Å². The zero-order valence-electron chi connectivity index (χ0n) is 10.5. The SMILES string of the molecule is CCCCCC(=O)N1CC(C)CC(C)C1. The summed E-state index contributed by atoms with van der Waals surface area (Å²) in [4.78, 5) is 14.0. The lowest BCUT2D eigenvalue weighted by Gasteiger charge is -2.35. The summed E-state index contributed by atoms with van der Waals surface area (Å²) >= 11 is 0. The Bertz CT molecular complexity index is 193. The number of carbonyl (C=O) groups excluding carboxylic acids is 1. The van der Waals surface area contributed by atoms with E-state index in [1.54, 1.807) is 0 Å². The van der Waals surface area contributed by atoms with Crippen LogP contribution in [0.3, 0.4) is 0 Å². The van der Waals surface area contributed by atoms with E-state index in [9.17, 15) is 4.79 Å². The second-order valence-electron chi connectivity index (χ2n) is 5.20. The first-order valence-corrected chi connectivity index (χ1v) is 6.41. The van der Waals surface area contributed by atoms with Crippen molar-refractivity contribution in [3.8, 4) is 0 Å². The van der Waals surface area contributed by atoms with Gasteiger partial charge in [-0.1, -0.05) is 33.6 Å². The van der Waals surface area contributed by atoms with Crippen LogP contribution in [0.4, 0.5) is 0 Å². The first-order chi connectivity index (χ1) is 7.13. The van der Waals surface area contributed by atoms with Gasteiger partial charge in [-0.25, -0.2) is 0 Å². The standard InChI is InChI=1S/C13H25NO/c1-4-5-6-7-13(15)14-9-11(2)8-12(3)10-14/h11-12H,4-10H2,1-3H3. The van der Waals surface area contributed by atoms with Crippen LogP contribution in [0, 0.1) is 11.8 Å². The lowest BCUT2D eigenvalue weighted by atomic mass is 9.91. The maximum absolute atomic E-state index is 11.9. The summed E-state index contributed by atoms with van der Waals surface area (Å²) in [5, 5.41) is 0. The number of unbranched alkanes of at least 4 members (excludes halogenated alkanes) is 2. The zero-order valence-corrected chi connectivity index (χ0v) is 10.5. The molecule has 0 aromatic heterocycles. The van der Waals surface area contributed by atoms with Crippen molar-refractivity contribution in [2.45, 2.75) is 52.9 Å². The summed E-state index contributed by atoms with van der Waals surface area (Å²) in [5.41, 5.74) is 0. The summed E-state index contributed by atoms with van der Waals surface area (Å²) in [6, 6.07) is 0. The number of carbonyl (C=O) groups is 1. The molecule has 0 aromatic rings. The minimum Gasteiger partial charge on any atom is -0.342 e. The highest BCUT2D eigenvalue weighted by Gasteiger charge is 2.24. The molecular formula is C13H25NO. The summed E-state index contributed by atoms with van der Waals surface area (Å²) in [7, 11) is 0. The molecule has 1 fully saturated rings. The van der Waals surface area contributed by atoms with Crippen molar-refractivity contribution in [3.63, 3.8) is 0 Å². The first-order valence-electron chi connectivity index (χ1n) is 6.41. The van der Waals surface area contributed by atoms with Crippen LogP contribution >= 0.6 is 0 Å². The van der Waals surface area contributed by atoms with Gasteiger partial charge in [-0.2, -0.15) is 0 Å². The van der Waals surface area contributed by atoms with Gasteiger partial charge in [0, 0.05) is 19.5 Å². The molecule has 0 N–H and O–H groups in total. The molecule has 0 radical (unpaired) electrons. The molecule has 0 aliphatic carbocycles. The Morgan fingerprint density at radius 3 is 2.33 bits per heavy atom. The van der Waals surface area contributed by atoms with Gasteiger partial charge in [0.25, 0.3) is 0 Å². The molecule has 1 amide bonds. The van der Waals surface area contributed by atoms with Gasteiger partial charge in [0.1, 0.15) is 0 Å². The van der Waals surface area contributed by atoms with Crippen LogP contribution in [0.25, 0.3) is 0 Å². The average molecular weight is 211 g/mol. The van der Waals surface area contributed by atoms with E-state index < -0.39 is 0 Å². The van der Waals surface area contributed by atoms with Crippen molar-refractivity contribution in [2.75, 3.05) is 13.1 Å². The van der Waals surface area contributed by atoms with E-state index in [2.05, 4.69) is 25.7 Å². The van der Waals surface area contributed by atoms with Gasteiger partial charge in [0.15, 0.2) is 0 Å². The Morgan fingerprint density at radius 1 is 1.20 bits per heavy atom. The average Bonchev–Trinajstić information content (AvgIpc) is 2.16. The van der Waals surface area contributed by atoms with Gasteiger partial charge >= 0.3 is 0 Å². The van der Waals surface area contributed by atoms with Crippen molar-refractivity contribution in [3.05, 3.63) is 0 Å². The molecule has 1 saturated heterocycles. The van der Waals surface area contributed by atoms with Gasteiger partial charge < -0.3 is 4.90 Å². The number of hydrogen-bond acceptors (Lipinski definition) is 1. The van der Waals surface area contributed by atoms with E-state index in [4.69, 9.17) is 0 Å². The van der Waals surface area contributed by atoms with Crippen molar-refractivity contribution in [1.29, 1.82) is 0 Å². The first kappa shape index (κ1) is 12.5. The molecule has 1 aliphatic heterocycles. The van der Waals surface area contributed by atoms with Crippen LogP contribution in [0.2, 0.25) is 0 Å². The van der Waals surface area contributed by atoms with Crippen molar-refractivity contribution < 1.29 is 4.79 Å². The second-order valence-corrected chi connectivity index (χ2v) is 5.20. The van der Waals surface area contributed by atoms with E-state index in [1.165, 1.54) is 19.3 Å². The number of likely N-dealkylation sites (tertiary alicyclic amines) is 1. The van der Waals surface area contributed by atoms with E-state index in [-0.39, 0.29) is 0 Å². The summed E-state index contributed by atoms with van der Waals surface area (Å²) in [5.74, 6) is 1.75. The monoisotopic (exact) mass is 211 g/mol. The maximum atomic E-state index is 11.9. The number of amides is 1. The third-order valence-corrected chi connectivity index (χ3v) is 3.22. The molecule has 2 nitrogen and oxygen atoms in total. The van der Waals surface area contributed by atoms with Crippen LogP contribution < -0.4 is 0 Å². The Kier molecular flexibility index (Phi) is 5.13. The minimum atomic E-state index is 0.377. The highest BCUT2D eigenvalue weighted by molar-refractivity contribution is 5.76. The van der Waals surface area contributed by atoms with Crippen LogP contribution in [-0.4, -0.2) is 23.9 Å². The fraction of sp³-hybridized carbons (Fsp3) is 0.923. The highest BCUT2D eigenvalue weighted by Crippen LogP contribution is 2.21. The number of rotatable bonds is 4. The molecule has 0 bridgehead atoms. The fourth-order valence-corrected chi connectivity index (χ4v) is 2.55. The number of piperidine rings is 1. The van der Waals surface area contributed by atoms with Gasteiger partial charge in [0.05, 0.1) is 0 Å². The van der Waals surface area contributed by atoms with Crippen molar-refractivity contribution in [2.24, 2.45) is 11.8 Å². The molecule has 2 heteroatoms. The predicted molar refractivity (Wildman–Crippen MR) is 63.7 cm³/mol. The molecule has 2 atom stereocenters. The fourth-order valence-electron chi connectivity index (χ4n) is 2.55. The van der Waals surface area contributed by atoms with Gasteiger partial charge in [0.2, 0.25) is 5.91 Å². The smallest absolute Gasteiger partial charge is 0.222 e. The second kappa shape index (κ2) is 6.14. The van der Waals surface area contributed by atoms with E-state index in [0.29, 0.717) is 17.7 Å². The van der Waals surface area contributed by atoms with Crippen LogP contribution in [0.15, 0.2) is 0 Å². The molecule has 1 heterocycles. The van der Waals surface area contributed by atoms with Crippen molar-refractivity contribution >= 4 is 5.91 Å². The number of nitrogens with zero attached hydrogens (tertiary/aromatic N) is 1. The third kappa shape index (κ3) is 4.23. The normalized spacial score (nSPS) is 26.7. The van der Waals surface area contributed by atoms with E-state index in [0.717, 1.165) is 25.9 Å². The Morgan fingerprint density at radius 2 is 1.80 bits per heavy atom. The minimum absolute atomic E-state index is 0.377. The quantitative estimate of drug-likeness (QED) is 0.654. The summed E-state index contributed by atoms with van der Waals surface area (Å²) in [6.07, 6.45) is 5.48. The molecular weight excluding hydrogens is 186 g/mol. The maximum Gasteiger partial charge on any atom is 0.222 e. The predicted octanol–water partition coefficient (Wildman–Crippen LogP) is 3.07. The summed E-state index contributed by atoms with van der Waals surface area (Å²) in [6.45, 7) is 8.64. The largest absolute Gasteiger partial charge is 0.342 e. The Labute approximate surface area is 94.0 Å². The van der Waals surface area contributed by atoms with Gasteiger partial charge in [-0.05, 0) is 24.7 Å². The van der Waals surface area contributed by atoms with Crippen LogP contribution in [-0.2, 0) is 4.79 Å². The lowest BCUT2D eigenvalue weighted by molar-refractivity contribution is -0.134. The third-order valence-electron chi connectivity index (χ3n) is 3.22. The molecule has 0 saturated carbocycles. The van der Waals surface area contributed by atoms with E-state index >= 15 is 0 Å². The molecule has 0 aromatic carbocycles.